The van der Waals surface area contributed by atoms with Gasteiger partial charge in [-0.2, -0.15) is 0 Å². The van der Waals surface area contributed by atoms with Crippen LogP contribution in [0.15, 0.2) is 42.5 Å². The average molecular weight is 376 g/mol. The zero-order chi connectivity index (χ0) is 17.8. The summed E-state index contributed by atoms with van der Waals surface area (Å²) in [5.74, 6) is -0.149. The van der Waals surface area contributed by atoms with Crippen molar-refractivity contribution in [2.75, 3.05) is 19.6 Å². The minimum Gasteiger partial charge on any atom is -0.348 e. The van der Waals surface area contributed by atoms with E-state index in [0.717, 1.165) is 35.7 Å². The Labute approximate surface area is 160 Å². The molecule has 1 fully saturated rings. The summed E-state index contributed by atoms with van der Waals surface area (Å²) in [5, 5.41) is 5.37. The van der Waals surface area contributed by atoms with Crippen LogP contribution in [-0.4, -0.2) is 36.3 Å². The maximum atomic E-state index is 12.7. The molecule has 0 spiro atoms. The third kappa shape index (κ3) is 4.54. The Kier molecular flexibility index (Phi) is 7.00. The van der Waals surface area contributed by atoms with E-state index in [1.807, 2.05) is 18.2 Å². The number of nitrogens with one attached hydrogen (secondary N) is 1. The Morgan fingerprint density at radius 1 is 1.23 bits per heavy atom. The molecule has 2 aromatic carbocycles. The van der Waals surface area contributed by atoms with Crippen molar-refractivity contribution in [3.8, 4) is 0 Å². The largest absolute Gasteiger partial charge is 0.348 e. The normalized spacial score (nSPS) is 18.1. The number of hydrogen-bond donors (Lipinski definition) is 2. The van der Waals surface area contributed by atoms with Gasteiger partial charge in [0, 0.05) is 26.6 Å². The molecule has 2 unspecified atom stereocenters. The third-order valence-electron chi connectivity index (χ3n) is 4.97. The number of hydrogen-bond acceptors (Lipinski definition) is 3. The highest BCUT2D eigenvalue weighted by atomic mass is 35.5. The summed E-state index contributed by atoms with van der Waals surface area (Å²) < 4.78 is 0. The van der Waals surface area contributed by atoms with Gasteiger partial charge in [-0.1, -0.05) is 36.4 Å². The molecule has 26 heavy (non-hydrogen) atoms. The predicted octanol–water partition coefficient (Wildman–Crippen LogP) is 2.64. The Hall–Kier alpha value is -2.11. The first-order chi connectivity index (χ1) is 12.1. The van der Waals surface area contributed by atoms with Gasteiger partial charge in [-0.05, 0) is 35.2 Å². The fourth-order valence-corrected chi connectivity index (χ4v) is 3.47. The molecule has 140 valence electrons. The van der Waals surface area contributed by atoms with E-state index in [-0.39, 0.29) is 36.2 Å². The van der Waals surface area contributed by atoms with Gasteiger partial charge < -0.3 is 16.0 Å². The Morgan fingerprint density at radius 2 is 1.96 bits per heavy atom. The molecule has 1 saturated heterocycles. The molecule has 2 amide bonds. The van der Waals surface area contributed by atoms with Crippen molar-refractivity contribution in [1.82, 2.24) is 10.2 Å². The van der Waals surface area contributed by atoms with Gasteiger partial charge in [0.05, 0.1) is 12.0 Å². The molecular formula is C20H26ClN3O2. The monoisotopic (exact) mass is 375 g/mol. The Morgan fingerprint density at radius 3 is 2.65 bits per heavy atom. The van der Waals surface area contributed by atoms with E-state index < -0.39 is 0 Å². The molecule has 1 aliphatic rings. The molecule has 0 bridgehead atoms. The lowest BCUT2D eigenvalue weighted by Crippen LogP contribution is -2.46. The van der Waals surface area contributed by atoms with E-state index in [4.69, 9.17) is 5.73 Å². The highest BCUT2D eigenvalue weighted by Crippen LogP contribution is 2.22. The number of piperidine rings is 1. The first-order valence-electron chi connectivity index (χ1n) is 8.83. The predicted molar refractivity (Wildman–Crippen MR) is 106 cm³/mol. The summed E-state index contributed by atoms with van der Waals surface area (Å²) >= 11 is 0. The van der Waals surface area contributed by atoms with Crippen LogP contribution < -0.4 is 11.1 Å². The van der Waals surface area contributed by atoms with Crippen molar-refractivity contribution in [2.45, 2.75) is 25.8 Å². The van der Waals surface area contributed by atoms with Crippen molar-refractivity contribution in [2.24, 2.45) is 11.7 Å². The smallest absolute Gasteiger partial charge is 0.225 e. The zero-order valence-corrected chi connectivity index (χ0v) is 15.8. The maximum Gasteiger partial charge on any atom is 0.225 e. The topological polar surface area (TPSA) is 75.4 Å². The molecule has 1 heterocycles. The first-order valence-corrected chi connectivity index (χ1v) is 8.83. The van der Waals surface area contributed by atoms with Crippen molar-refractivity contribution < 1.29 is 9.59 Å². The molecule has 2 atom stereocenters. The average Bonchev–Trinajstić information content (AvgIpc) is 2.65. The molecule has 0 radical (unpaired) electrons. The Balaban J connectivity index is 0.00000243. The van der Waals surface area contributed by atoms with Crippen molar-refractivity contribution >= 4 is 35.0 Å². The third-order valence-corrected chi connectivity index (χ3v) is 4.97. The van der Waals surface area contributed by atoms with Crippen LogP contribution in [0.4, 0.5) is 0 Å². The van der Waals surface area contributed by atoms with E-state index in [2.05, 4.69) is 29.6 Å². The summed E-state index contributed by atoms with van der Waals surface area (Å²) in [6.07, 6.45) is 1.67. The second-order valence-corrected chi connectivity index (χ2v) is 6.71. The second-order valence-electron chi connectivity index (χ2n) is 6.71. The number of rotatable bonds is 4. The van der Waals surface area contributed by atoms with Crippen molar-refractivity contribution in [1.29, 1.82) is 0 Å². The van der Waals surface area contributed by atoms with E-state index in [1.165, 1.54) is 0 Å². The van der Waals surface area contributed by atoms with Gasteiger partial charge in [0.25, 0.3) is 0 Å². The molecule has 0 aliphatic carbocycles. The number of likely N-dealkylation sites (tertiary alicyclic amines) is 1. The Bertz CT molecular complexity index is 780. The minimum atomic E-state index is -0.218. The van der Waals surface area contributed by atoms with Crippen molar-refractivity contribution in [3.05, 3.63) is 48.0 Å². The molecule has 0 saturated carbocycles. The quantitative estimate of drug-likeness (QED) is 0.862. The highest BCUT2D eigenvalue weighted by Gasteiger charge is 2.28. The first kappa shape index (κ1) is 20.2. The van der Waals surface area contributed by atoms with Gasteiger partial charge in [-0.15, -0.1) is 12.4 Å². The summed E-state index contributed by atoms with van der Waals surface area (Å²) in [5.41, 5.74) is 6.93. The fourth-order valence-electron chi connectivity index (χ4n) is 3.47. The number of benzene rings is 2. The molecular weight excluding hydrogens is 350 g/mol. The molecule has 1 aliphatic heterocycles. The van der Waals surface area contributed by atoms with E-state index >= 15 is 0 Å². The number of amides is 2. The lowest BCUT2D eigenvalue weighted by atomic mass is 9.95. The molecule has 5 nitrogen and oxygen atoms in total. The van der Waals surface area contributed by atoms with Gasteiger partial charge >= 0.3 is 0 Å². The molecule has 3 N–H and O–H groups in total. The van der Waals surface area contributed by atoms with Crippen LogP contribution in [0.1, 0.15) is 31.4 Å². The molecule has 3 rings (SSSR count). The number of halogens is 1. The number of nitrogens with two attached hydrogens (primary N) is 1. The van der Waals surface area contributed by atoms with Gasteiger partial charge in [-0.3, -0.25) is 9.59 Å². The van der Waals surface area contributed by atoms with Crippen LogP contribution in [-0.2, 0) is 9.59 Å². The van der Waals surface area contributed by atoms with E-state index in [9.17, 15) is 9.59 Å². The minimum absolute atomic E-state index is 0. The van der Waals surface area contributed by atoms with Gasteiger partial charge in [0.2, 0.25) is 11.8 Å². The van der Waals surface area contributed by atoms with Gasteiger partial charge in [0.1, 0.15) is 0 Å². The summed E-state index contributed by atoms with van der Waals surface area (Å²) in [6, 6.07) is 14.1. The number of carbonyl (C=O) groups is 2. The summed E-state index contributed by atoms with van der Waals surface area (Å²) in [4.78, 5) is 26.0. The SMILES string of the molecule is CC(=O)N1CCCC(C(=O)NC(CN)c2ccc3ccccc3c2)C1.Cl. The molecule has 6 heteroatoms. The zero-order valence-electron chi connectivity index (χ0n) is 15.0. The lowest BCUT2D eigenvalue weighted by molar-refractivity contribution is -0.134. The number of nitrogens with zero attached hydrogens (tertiary/aromatic N) is 1. The van der Waals surface area contributed by atoms with Crippen LogP contribution >= 0.6 is 12.4 Å². The van der Waals surface area contributed by atoms with Gasteiger partial charge in [0.15, 0.2) is 0 Å². The molecule has 0 aromatic heterocycles. The highest BCUT2D eigenvalue weighted by molar-refractivity contribution is 5.85. The van der Waals surface area contributed by atoms with Crippen LogP contribution in [0.5, 0.6) is 0 Å². The summed E-state index contributed by atoms with van der Waals surface area (Å²) in [6.45, 7) is 3.13. The standard InChI is InChI=1S/C20H25N3O2.ClH/c1-14(24)23-10-4-7-18(13-23)20(25)22-19(12-21)17-9-8-15-5-2-3-6-16(15)11-17;/h2-3,5-6,8-9,11,18-19H,4,7,10,12-13,21H2,1H3,(H,22,25);1H. The lowest BCUT2D eigenvalue weighted by Gasteiger charge is -2.32. The van der Waals surface area contributed by atoms with Crippen LogP contribution in [0.25, 0.3) is 10.8 Å². The summed E-state index contributed by atoms with van der Waals surface area (Å²) in [7, 11) is 0. The second kappa shape index (κ2) is 9.01. The van der Waals surface area contributed by atoms with Gasteiger partial charge in [-0.25, -0.2) is 0 Å². The van der Waals surface area contributed by atoms with Crippen LogP contribution in [0.2, 0.25) is 0 Å². The molecule has 2 aromatic rings. The van der Waals surface area contributed by atoms with Crippen molar-refractivity contribution in [3.63, 3.8) is 0 Å². The maximum absolute atomic E-state index is 12.7. The number of fused-ring (bicyclic) bond motifs is 1. The van der Waals surface area contributed by atoms with Crippen LogP contribution in [0, 0.1) is 5.92 Å². The van der Waals surface area contributed by atoms with E-state index in [1.54, 1.807) is 11.8 Å². The van der Waals surface area contributed by atoms with Crippen LogP contribution in [0.3, 0.4) is 0 Å². The fraction of sp³-hybridized carbons (Fsp3) is 0.400. The number of carbonyl (C=O) groups excluding carboxylic acids is 2. The van der Waals surface area contributed by atoms with E-state index in [0.29, 0.717) is 13.1 Å².